The lowest BCUT2D eigenvalue weighted by Crippen LogP contribution is -2.19. The van der Waals surface area contributed by atoms with Crippen LogP contribution in [0.25, 0.3) is 11.3 Å². The molecule has 0 saturated carbocycles. The Hall–Kier alpha value is -3.61. The number of hydrogen-bond donors (Lipinski definition) is 2. The van der Waals surface area contributed by atoms with Crippen LogP contribution in [0.5, 0.6) is 5.75 Å². The molecule has 2 N–H and O–H groups in total. The van der Waals surface area contributed by atoms with Gasteiger partial charge in [-0.3, -0.25) is 9.89 Å². The molecule has 0 aliphatic carbocycles. The van der Waals surface area contributed by atoms with Gasteiger partial charge in [0.1, 0.15) is 11.4 Å². The van der Waals surface area contributed by atoms with Crippen molar-refractivity contribution in [3.8, 4) is 17.0 Å². The van der Waals surface area contributed by atoms with E-state index in [-0.39, 0.29) is 5.91 Å². The fraction of sp³-hybridized carbons (Fsp3) is 0.227. The van der Waals surface area contributed by atoms with Gasteiger partial charge in [0.15, 0.2) is 0 Å². The monoisotopic (exact) mass is 391 g/mol. The number of nitrogens with one attached hydrogen (secondary N) is 2. The molecule has 0 aliphatic rings. The van der Waals surface area contributed by atoms with Gasteiger partial charge in [0, 0.05) is 30.9 Å². The number of anilines is 1. The molecule has 1 aromatic heterocycles. The second-order valence-electron chi connectivity index (χ2n) is 6.71. The number of nitrogens with zero attached hydrogens (tertiary/aromatic N) is 3. The molecule has 0 fully saturated rings. The van der Waals surface area contributed by atoms with E-state index in [1.807, 2.05) is 81.4 Å². The van der Waals surface area contributed by atoms with Crippen molar-refractivity contribution in [2.45, 2.75) is 13.8 Å². The van der Waals surface area contributed by atoms with Crippen molar-refractivity contribution < 1.29 is 9.53 Å². The number of H-pyrrole nitrogens is 1. The lowest BCUT2D eigenvalue weighted by molar-refractivity contribution is 0.0949. The first-order valence-electron chi connectivity index (χ1n) is 9.38. The summed E-state index contributed by atoms with van der Waals surface area (Å²) < 4.78 is 5.46. The van der Waals surface area contributed by atoms with Crippen LogP contribution in [0.2, 0.25) is 0 Å². The third-order valence-electron chi connectivity index (χ3n) is 4.46. The second-order valence-corrected chi connectivity index (χ2v) is 6.71. The molecule has 0 atom stereocenters. The maximum Gasteiger partial charge on any atom is 0.289 e. The number of rotatable bonds is 7. The number of hydrazone groups is 1. The Bertz CT molecular complexity index is 989. The van der Waals surface area contributed by atoms with E-state index in [1.54, 1.807) is 6.21 Å². The van der Waals surface area contributed by atoms with Crippen LogP contribution in [0, 0.1) is 6.92 Å². The SMILES string of the molecule is CCOc1ccc(-c2n[nH]c(C(=O)N/N=C\c3ccc(N(C)C)cc3)c2C)cc1. The highest BCUT2D eigenvalue weighted by molar-refractivity contribution is 5.96. The van der Waals surface area contributed by atoms with Crippen LogP contribution in [0.15, 0.2) is 53.6 Å². The van der Waals surface area contributed by atoms with E-state index in [0.717, 1.165) is 33.8 Å². The molecule has 1 heterocycles. The highest BCUT2D eigenvalue weighted by Gasteiger charge is 2.16. The maximum absolute atomic E-state index is 12.5. The first-order valence-corrected chi connectivity index (χ1v) is 9.38. The van der Waals surface area contributed by atoms with Gasteiger partial charge < -0.3 is 9.64 Å². The number of aromatic nitrogens is 2. The molecule has 7 nitrogen and oxygen atoms in total. The molecule has 0 unspecified atom stereocenters. The van der Waals surface area contributed by atoms with Crippen LogP contribution < -0.4 is 15.1 Å². The first kappa shape index (κ1) is 20.1. The van der Waals surface area contributed by atoms with Crippen LogP contribution in [0.4, 0.5) is 5.69 Å². The quantitative estimate of drug-likeness (QED) is 0.476. The molecule has 7 heteroatoms. The van der Waals surface area contributed by atoms with Crippen molar-refractivity contribution in [1.82, 2.24) is 15.6 Å². The minimum Gasteiger partial charge on any atom is -0.494 e. The van der Waals surface area contributed by atoms with E-state index in [0.29, 0.717) is 12.3 Å². The van der Waals surface area contributed by atoms with Crippen molar-refractivity contribution in [1.29, 1.82) is 0 Å². The molecule has 0 bridgehead atoms. The summed E-state index contributed by atoms with van der Waals surface area (Å²) >= 11 is 0. The van der Waals surface area contributed by atoms with Crippen molar-refractivity contribution in [3.05, 3.63) is 65.4 Å². The normalized spacial score (nSPS) is 10.9. The van der Waals surface area contributed by atoms with Gasteiger partial charge >= 0.3 is 0 Å². The van der Waals surface area contributed by atoms with Gasteiger partial charge in [-0.05, 0) is 55.8 Å². The third kappa shape index (κ3) is 4.82. The summed E-state index contributed by atoms with van der Waals surface area (Å²) in [6.07, 6.45) is 1.61. The summed E-state index contributed by atoms with van der Waals surface area (Å²) in [5.74, 6) is 0.462. The van der Waals surface area contributed by atoms with Crippen molar-refractivity contribution in [2.75, 3.05) is 25.6 Å². The summed E-state index contributed by atoms with van der Waals surface area (Å²) in [7, 11) is 3.97. The van der Waals surface area contributed by atoms with Gasteiger partial charge in [0.2, 0.25) is 0 Å². The van der Waals surface area contributed by atoms with Crippen LogP contribution in [0.3, 0.4) is 0 Å². The number of hydrogen-bond acceptors (Lipinski definition) is 5. The van der Waals surface area contributed by atoms with E-state index in [4.69, 9.17) is 4.74 Å². The number of ether oxygens (including phenoxy) is 1. The number of carbonyl (C=O) groups excluding carboxylic acids is 1. The fourth-order valence-corrected chi connectivity index (χ4v) is 2.86. The smallest absolute Gasteiger partial charge is 0.289 e. The zero-order valence-electron chi connectivity index (χ0n) is 17.1. The third-order valence-corrected chi connectivity index (χ3v) is 4.46. The van der Waals surface area contributed by atoms with Gasteiger partial charge in [-0.2, -0.15) is 10.2 Å². The van der Waals surface area contributed by atoms with E-state index >= 15 is 0 Å². The van der Waals surface area contributed by atoms with Gasteiger partial charge in [-0.25, -0.2) is 5.43 Å². The lowest BCUT2D eigenvalue weighted by Gasteiger charge is -2.11. The molecular weight excluding hydrogens is 366 g/mol. The van der Waals surface area contributed by atoms with E-state index in [9.17, 15) is 4.79 Å². The number of benzene rings is 2. The molecule has 0 radical (unpaired) electrons. The van der Waals surface area contributed by atoms with E-state index < -0.39 is 0 Å². The molecule has 0 aliphatic heterocycles. The average Bonchev–Trinajstić information content (AvgIpc) is 3.10. The minimum atomic E-state index is -0.339. The summed E-state index contributed by atoms with van der Waals surface area (Å²) in [4.78, 5) is 14.5. The Kier molecular flexibility index (Phi) is 6.29. The van der Waals surface area contributed by atoms with E-state index in [2.05, 4.69) is 20.7 Å². The molecular formula is C22H25N5O2. The Morgan fingerprint density at radius 3 is 2.48 bits per heavy atom. The number of aromatic amines is 1. The van der Waals surface area contributed by atoms with Gasteiger partial charge in [0.05, 0.1) is 18.5 Å². The van der Waals surface area contributed by atoms with Gasteiger partial charge in [0.25, 0.3) is 5.91 Å². The Balaban J connectivity index is 1.67. The molecule has 3 aromatic rings. The first-order chi connectivity index (χ1) is 14.0. The standard InChI is InChI=1S/C22H25N5O2/c1-5-29-19-12-8-17(9-13-19)20-15(2)21(25-24-20)22(28)26-23-14-16-6-10-18(11-7-16)27(3)4/h6-14H,5H2,1-4H3,(H,24,25)(H,26,28)/b23-14-. The zero-order chi connectivity index (χ0) is 20.8. The molecule has 29 heavy (non-hydrogen) atoms. The van der Waals surface area contributed by atoms with Crippen molar-refractivity contribution in [3.63, 3.8) is 0 Å². The molecule has 150 valence electrons. The van der Waals surface area contributed by atoms with E-state index in [1.165, 1.54) is 0 Å². The van der Waals surface area contributed by atoms with Crippen LogP contribution >= 0.6 is 0 Å². The summed E-state index contributed by atoms with van der Waals surface area (Å²) in [6, 6.07) is 15.5. The highest BCUT2D eigenvalue weighted by atomic mass is 16.5. The van der Waals surface area contributed by atoms with Crippen LogP contribution in [-0.4, -0.2) is 43.0 Å². The molecule has 3 rings (SSSR count). The molecule has 2 aromatic carbocycles. The predicted molar refractivity (Wildman–Crippen MR) is 116 cm³/mol. The Morgan fingerprint density at radius 1 is 1.17 bits per heavy atom. The van der Waals surface area contributed by atoms with Crippen LogP contribution in [-0.2, 0) is 0 Å². The van der Waals surface area contributed by atoms with Gasteiger partial charge in [-0.15, -0.1) is 0 Å². The summed E-state index contributed by atoms with van der Waals surface area (Å²) in [6.45, 7) is 4.41. The van der Waals surface area contributed by atoms with Crippen LogP contribution in [0.1, 0.15) is 28.5 Å². The summed E-state index contributed by atoms with van der Waals surface area (Å²) in [5.41, 5.74) is 7.32. The minimum absolute atomic E-state index is 0.339. The predicted octanol–water partition coefficient (Wildman–Crippen LogP) is 3.61. The largest absolute Gasteiger partial charge is 0.494 e. The Morgan fingerprint density at radius 2 is 1.86 bits per heavy atom. The van der Waals surface area contributed by atoms with Gasteiger partial charge in [-0.1, -0.05) is 12.1 Å². The fourth-order valence-electron chi connectivity index (χ4n) is 2.86. The topological polar surface area (TPSA) is 82.6 Å². The second kappa shape index (κ2) is 9.05. The average molecular weight is 391 g/mol. The van der Waals surface area contributed by atoms with Crippen molar-refractivity contribution >= 4 is 17.8 Å². The zero-order valence-corrected chi connectivity index (χ0v) is 17.1. The maximum atomic E-state index is 12.5. The molecule has 1 amide bonds. The highest BCUT2D eigenvalue weighted by Crippen LogP contribution is 2.25. The molecule has 0 spiro atoms. The molecule has 0 saturated heterocycles. The number of amides is 1. The lowest BCUT2D eigenvalue weighted by atomic mass is 10.1. The van der Waals surface area contributed by atoms with Crippen molar-refractivity contribution in [2.24, 2.45) is 5.10 Å². The Labute approximate surface area is 170 Å². The summed E-state index contributed by atoms with van der Waals surface area (Å²) in [5, 5.41) is 11.1. The number of carbonyl (C=O) groups is 1.